The van der Waals surface area contributed by atoms with Gasteiger partial charge in [0.25, 0.3) is 5.91 Å². The Bertz CT molecular complexity index is 806. The molecule has 1 aliphatic heterocycles. The molecular weight excluding hydrogens is 318 g/mol. The van der Waals surface area contributed by atoms with E-state index in [1.165, 1.54) is 0 Å². The molecule has 2 aromatic rings. The minimum Gasteiger partial charge on any atom is -0.354 e. The molecule has 0 unspecified atom stereocenters. The van der Waals surface area contributed by atoms with E-state index >= 15 is 0 Å². The van der Waals surface area contributed by atoms with E-state index in [0.29, 0.717) is 25.2 Å². The molecule has 7 nitrogen and oxygen atoms in total. The number of Topliss-reactive ketones (excluding diaryl/α,β-unsaturated/α-hetero) is 1. The van der Waals surface area contributed by atoms with Gasteiger partial charge in [0.2, 0.25) is 0 Å². The number of piperazine rings is 1. The van der Waals surface area contributed by atoms with Crippen molar-refractivity contribution in [2.24, 2.45) is 0 Å². The third kappa shape index (κ3) is 2.79. The summed E-state index contributed by atoms with van der Waals surface area (Å²) in [6, 6.07) is 0. The maximum atomic E-state index is 12.9. The molecule has 0 spiro atoms. The molecule has 7 heteroatoms. The highest BCUT2D eigenvalue weighted by molar-refractivity contribution is 6.04. The molecule has 0 radical (unpaired) electrons. The molecular formula is C18H21N5O2. The van der Waals surface area contributed by atoms with Crippen LogP contribution in [-0.4, -0.2) is 57.7 Å². The van der Waals surface area contributed by atoms with Crippen LogP contribution in [0.15, 0.2) is 18.6 Å². The lowest BCUT2D eigenvalue weighted by molar-refractivity contribution is 0.0740. The summed E-state index contributed by atoms with van der Waals surface area (Å²) >= 11 is 0. The van der Waals surface area contributed by atoms with Gasteiger partial charge in [-0.3, -0.25) is 14.6 Å². The third-order valence-electron chi connectivity index (χ3n) is 5.09. The van der Waals surface area contributed by atoms with Crippen molar-refractivity contribution < 1.29 is 9.59 Å². The van der Waals surface area contributed by atoms with Crippen molar-refractivity contribution in [3.8, 4) is 0 Å². The number of carbonyl (C=O) groups is 2. The van der Waals surface area contributed by atoms with E-state index in [2.05, 4.69) is 19.9 Å². The van der Waals surface area contributed by atoms with Crippen LogP contribution in [0.25, 0.3) is 0 Å². The molecule has 1 aliphatic carbocycles. The first-order valence-corrected chi connectivity index (χ1v) is 8.70. The predicted molar refractivity (Wildman–Crippen MR) is 92.9 cm³/mol. The van der Waals surface area contributed by atoms with Gasteiger partial charge in [-0.2, -0.15) is 0 Å². The summed E-state index contributed by atoms with van der Waals surface area (Å²) in [7, 11) is 0. The minimum absolute atomic E-state index is 0.0153. The maximum Gasteiger partial charge on any atom is 0.270 e. The molecule has 1 saturated heterocycles. The van der Waals surface area contributed by atoms with E-state index in [-0.39, 0.29) is 11.7 Å². The summed E-state index contributed by atoms with van der Waals surface area (Å²) in [5.74, 6) is 0.978. The number of nitrogens with zero attached hydrogens (tertiary/aromatic N) is 4. The Kier molecular flexibility index (Phi) is 3.99. The fraction of sp³-hybridized carbons (Fsp3) is 0.444. The van der Waals surface area contributed by atoms with E-state index in [0.717, 1.165) is 48.6 Å². The van der Waals surface area contributed by atoms with Gasteiger partial charge in [0, 0.05) is 56.3 Å². The van der Waals surface area contributed by atoms with Crippen molar-refractivity contribution >= 4 is 17.5 Å². The average molecular weight is 339 g/mol. The predicted octanol–water partition coefficient (Wildman–Crippen LogP) is 1.59. The van der Waals surface area contributed by atoms with E-state index in [1.54, 1.807) is 18.6 Å². The SMILES string of the molecule is Cc1c(C(=O)N2CCN(c3cnccn3)CC2)[nH]c2c1C(=O)CCC2. The van der Waals surface area contributed by atoms with Gasteiger partial charge >= 0.3 is 0 Å². The molecule has 4 rings (SSSR count). The van der Waals surface area contributed by atoms with Crippen LogP contribution >= 0.6 is 0 Å². The quantitative estimate of drug-likeness (QED) is 0.898. The number of aromatic nitrogens is 3. The van der Waals surface area contributed by atoms with Crippen molar-refractivity contribution in [1.29, 1.82) is 0 Å². The Labute approximate surface area is 146 Å². The summed E-state index contributed by atoms with van der Waals surface area (Å²) in [6.07, 6.45) is 7.35. The number of amides is 1. The Hall–Kier alpha value is -2.70. The first-order chi connectivity index (χ1) is 12.1. The second kappa shape index (κ2) is 6.31. The minimum atomic E-state index is -0.0153. The normalized spacial score (nSPS) is 17.6. The van der Waals surface area contributed by atoms with Gasteiger partial charge in [0.1, 0.15) is 11.5 Å². The Morgan fingerprint density at radius 3 is 2.64 bits per heavy atom. The topological polar surface area (TPSA) is 82.2 Å². The standard InChI is InChI=1S/C18H21N5O2/c1-12-16-13(3-2-4-14(16)24)21-17(12)18(25)23-9-7-22(8-10-23)15-11-19-5-6-20-15/h5-6,11,21H,2-4,7-10H2,1H3. The number of hydrogen-bond donors (Lipinski definition) is 1. The monoisotopic (exact) mass is 339 g/mol. The van der Waals surface area contributed by atoms with Crippen LogP contribution in [-0.2, 0) is 6.42 Å². The highest BCUT2D eigenvalue weighted by atomic mass is 16.2. The maximum absolute atomic E-state index is 12.9. The van der Waals surface area contributed by atoms with E-state index in [4.69, 9.17) is 0 Å². The zero-order chi connectivity index (χ0) is 17.4. The second-order valence-electron chi connectivity index (χ2n) is 6.60. The molecule has 0 atom stereocenters. The van der Waals surface area contributed by atoms with Crippen molar-refractivity contribution in [3.05, 3.63) is 41.1 Å². The third-order valence-corrected chi connectivity index (χ3v) is 5.09. The molecule has 1 N–H and O–H groups in total. The number of H-pyrrole nitrogens is 1. The zero-order valence-electron chi connectivity index (χ0n) is 14.3. The molecule has 0 saturated carbocycles. The highest BCUT2D eigenvalue weighted by Crippen LogP contribution is 2.27. The number of rotatable bonds is 2. The number of aromatic amines is 1. The van der Waals surface area contributed by atoms with Crippen LogP contribution in [0.4, 0.5) is 5.82 Å². The molecule has 0 aromatic carbocycles. The Balaban J connectivity index is 1.49. The fourth-order valence-electron chi connectivity index (χ4n) is 3.74. The van der Waals surface area contributed by atoms with E-state index < -0.39 is 0 Å². The molecule has 2 aliphatic rings. The van der Waals surface area contributed by atoms with Gasteiger partial charge in [0.15, 0.2) is 5.78 Å². The van der Waals surface area contributed by atoms with Crippen molar-refractivity contribution in [1.82, 2.24) is 19.9 Å². The molecule has 3 heterocycles. The van der Waals surface area contributed by atoms with Gasteiger partial charge in [-0.15, -0.1) is 0 Å². The molecule has 25 heavy (non-hydrogen) atoms. The lowest BCUT2D eigenvalue weighted by Gasteiger charge is -2.35. The molecule has 2 aromatic heterocycles. The van der Waals surface area contributed by atoms with Crippen LogP contribution in [0.5, 0.6) is 0 Å². The van der Waals surface area contributed by atoms with E-state index in [1.807, 2.05) is 11.8 Å². The van der Waals surface area contributed by atoms with E-state index in [9.17, 15) is 9.59 Å². The number of nitrogens with one attached hydrogen (secondary N) is 1. The van der Waals surface area contributed by atoms with Gasteiger partial charge in [0.05, 0.1) is 6.20 Å². The van der Waals surface area contributed by atoms with Crippen LogP contribution in [0.2, 0.25) is 0 Å². The molecule has 130 valence electrons. The Morgan fingerprint density at radius 1 is 1.16 bits per heavy atom. The van der Waals surface area contributed by atoms with Gasteiger partial charge in [-0.25, -0.2) is 4.98 Å². The smallest absolute Gasteiger partial charge is 0.270 e. The average Bonchev–Trinajstić information content (AvgIpc) is 3.00. The first-order valence-electron chi connectivity index (χ1n) is 8.70. The largest absolute Gasteiger partial charge is 0.354 e. The number of carbonyl (C=O) groups excluding carboxylic acids is 2. The van der Waals surface area contributed by atoms with Gasteiger partial charge in [-0.1, -0.05) is 0 Å². The Morgan fingerprint density at radius 2 is 1.96 bits per heavy atom. The molecule has 1 amide bonds. The highest BCUT2D eigenvalue weighted by Gasteiger charge is 2.30. The lowest BCUT2D eigenvalue weighted by atomic mass is 9.93. The number of ketones is 1. The van der Waals surface area contributed by atoms with Crippen LogP contribution < -0.4 is 4.90 Å². The lowest BCUT2D eigenvalue weighted by Crippen LogP contribution is -2.49. The number of aryl methyl sites for hydroxylation is 1. The second-order valence-corrected chi connectivity index (χ2v) is 6.60. The molecule has 1 fully saturated rings. The summed E-state index contributed by atoms with van der Waals surface area (Å²) in [5.41, 5.74) is 3.05. The molecule has 0 bridgehead atoms. The number of anilines is 1. The zero-order valence-corrected chi connectivity index (χ0v) is 14.3. The summed E-state index contributed by atoms with van der Waals surface area (Å²) in [6.45, 7) is 4.59. The van der Waals surface area contributed by atoms with Gasteiger partial charge in [-0.05, 0) is 25.3 Å². The van der Waals surface area contributed by atoms with Crippen LogP contribution in [0, 0.1) is 6.92 Å². The van der Waals surface area contributed by atoms with Crippen molar-refractivity contribution in [3.63, 3.8) is 0 Å². The summed E-state index contributed by atoms with van der Waals surface area (Å²) in [4.78, 5) is 40.7. The van der Waals surface area contributed by atoms with Crippen molar-refractivity contribution in [2.75, 3.05) is 31.1 Å². The fourth-order valence-corrected chi connectivity index (χ4v) is 3.74. The number of fused-ring (bicyclic) bond motifs is 1. The number of hydrogen-bond acceptors (Lipinski definition) is 5. The van der Waals surface area contributed by atoms with Crippen LogP contribution in [0.3, 0.4) is 0 Å². The van der Waals surface area contributed by atoms with Crippen LogP contribution in [0.1, 0.15) is 44.9 Å². The summed E-state index contributed by atoms with van der Waals surface area (Å²) < 4.78 is 0. The van der Waals surface area contributed by atoms with Crippen molar-refractivity contribution in [2.45, 2.75) is 26.2 Å². The van der Waals surface area contributed by atoms with Gasteiger partial charge < -0.3 is 14.8 Å². The summed E-state index contributed by atoms with van der Waals surface area (Å²) in [5, 5.41) is 0. The first kappa shape index (κ1) is 15.8.